The largest absolute Gasteiger partial charge is 0.508 e. The lowest BCUT2D eigenvalue weighted by atomic mass is 10.0. The van der Waals surface area contributed by atoms with Gasteiger partial charge in [0.1, 0.15) is 54.1 Å². The maximum atomic E-state index is 13.9. The fraction of sp³-hybridized carbons (Fsp3) is 0.600. The predicted octanol–water partition coefficient (Wildman–Crippen LogP) is -5.87. The second-order valence-corrected chi connectivity index (χ2v) is 18.2. The van der Waals surface area contributed by atoms with Crippen molar-refractivity contribution in [1.82, 2.24) is 42.5 Å². The third-order valence-corrected chi connectivity index (χ3v) is 11.5. The summed E-state index contributed by atoms with van der Waals surface area (Å²) in [6.07, 6.45) is -3.84. The van der Waals surface area contributed by atoms with Gasteiger partial charge in [0.15, 0.2) is 5.96 Å². The summed E-state index contributed by atoms with van der Waals surface area (Å²) in [6.45, 7) is 5.59. The lowest BCUT2D eigenvalue weighted by Crippen LogP contribution is -2.62. The summed E-state index contributed by atoms with van der Waals surface area (Å²) in [5.74, 6) is -13.0. The number of aliphatic carboxylic acids is 2. The number of phenols is 1. The van der Waals surface area contributed by atoms with E-state index in [4.69, 9.17) is 28.7 Å². The molecule has 0 saturated heterocycles. The Morgan fingerprint density at radius 2 is 1.08 bits per heavy atom. The van der Waals surface area contributed by atoms with Crippen LogP contribution in [0.2, 0.25) is 0 Å². The van der Waals surface area contributed by atoms with Gasteiger partial charge in [0.2, 0.25) is 53.2 Å². The summed E-state index contributed by atoms with van der Waals surface area (Å²) < 4.78 is 0. The number of guanidine groups is 1. The van der Waals surface area contributed by atoms with Crippen molar-refractivity contribution in [2.75, 3.05) is 18.8 Å². The number of aliphatic hydroxyl groups is 1. The number of benzene rings is 1. The van der Waals surface area contributed by atoms with Gasteiger partial charge in [-0.3, -0.25) is 52.9 Å². The molecule has 1 rings (SSSR count). The van der Waals surface area contributed by atoms with E-state index in [2.05, 4.69) is 60.2 Å². The molecule has 10 atom stereocenters. The molecule has 30 heteroatoms. The summed E-state index contributed by atoms with van der Waals surface area (Å²) in [7, 11) is 0. The first kappa shape index (κ1) is 65.7. The molecule has 75 heavy (non-hydrogen) atoms. The van der Waals surface area contributed by atoms with Gasteiger partial charge >= 0.3 is 11.9 Å². The van der Waals surface area contributed by atoms with E-state index in [9.17, 15) is 73.2 Å². The van der Waals surface area contributed by atoms with Gasteiger partial charge in [0.25, 0.3) is 0 Å². The zero-order valence-corrected chi connectivity index (χ0v) is 43.1. The summed E-state index contributed by atoms with van der Waals surface area (Å²) in [4.78, 5) is 148. The van der Waals surface area contributed by atoms with Gasteiger partial charge in [0, 0.05) is 25.1 Å². The predicted molar refractivity (Wildman–Crippen MR) is 272 cm³/mol. The number of carboxylic acid groups (broad SMARTS) is 2. The molecule has 1 aromatic carbocycles. The number of primary amides is 1. The Morgan fingerprint density at radius 3 is 1.59 bits per heavy atom. The van der Waals surface area contributed by atoms with Crippen LogP contribution in [0.4, 0.5) is 0 Å². The minimum Gasteiger partial charge on any atom is -0.508 e. The number of amides is 9. The third-order valence-electron chi connectivity index (χ3n) is 11.1. The number of aliphatic hydroxyl groups excluding tert-OH is 1. The van der Waals surface area contributed by atoms with Crippen LogP contribution in [-0.4, -0.2) is 171 Å². The van der Waals surface area contributed by atoms with Crippen molar-refractivity contribution in [2.24, 2.45) is 39.6 Å². The zero-order chi connectivity index (χ0) is 57.1. The van der Waals surface area contributed by atoms with Gasteiger partial charge in [0.05, 0.1) is 18.6 Å². The molecule has 29 nitrogen and oxygen atoms in total. The van der Waals surface area contributed by atoms with Crippen molar-refractivity contribution >= 4 is 83.7 Å². The smallest absolute Gasteiger partial charge is 0.326 e. The number of hydrogen-bond donors (Lipinski definition) is 18. The van der Waals surface area contributed by atoms with E-state index in [-0.39, 0.29) is 62.7 Å². The van der Waals surface area contributed by atoms with E-state index >= 15 is 0 Å². The number of rotatable bonds is 35. The molecule has 0 radical (unpaired) electrons. The Balaban J connectivity index is 3.44. The van der Waals surface area contributed by atoms with Crippen LogP contribution in [0.1, 0.15) is 84.6 Å². The van der Waals surface area contributed by atoms with Gasteiger partial charge in [-0.2, -0.15) is 12.6 Å². The van der Waals surface area contributed by atoms with Crippen LogP contribution in [0.25, 0.3) is 0 Å². The molecule has 0 aliphatic heterocycles. The number of phenolic OH excluding ortho intramolecular Hbond substituents is 1. The highest BCUT2D eigenvalue weighted by atomic mass is 32.1. The monoisotopic (exact) mass is 1080 g/mol. The molecule has 0 aliphatic carbocycles. The molecule has 0 aromatic heterocycles. The first-order valence-electron chi connectivity index (χ1n) is 23.9. The molecule has 22 N–H and O–H groups in total. The van der Waals surface area contributed by atoms with Crippen molar-refractivity contribution in [3.05, 3.63) is 29.8 Å². The number of nitrogens with one attached hydrogen (secondary N) is 8. The van der Waals surface area contributed by atoms with Crippen LogP contribution >= 0.6 is 12.6 Å². The Morgan fingerprint density at radius 1 is 0.600 bits per heavy atom. The topological polar surface area (TPSA) is 507 Å². The van der Waals surface area contributed by atoms with Crippen molar-refractivity contribution in [1.29, 1.82) is 0 Å². The van der Waals surface area contributed by atoms with Crippen LogP contribution in [0.5, 0.6) is 5.75 Å². The molecule has 0 saturated carbocycles. The molecule has 0 unspecified atom stereocenters. The van der Waals surface area contributed by atoms with E-state index < -0.39 is 151 Å². The second-order valence-electron chi connectivity index (χ2n) is 17.8. The third kappa shape index (κ3) is 25.0. The van der Waals surface area contributed by atoms with Gasteiger partial charge in [-0.05, 0) is 82.5 Å². The first-order valence-corrected chi connectivity index (χ1v) is 24.5. The highest BCUT2D eigenvalue weighted by molar-refractivity contribution is 7.80. The number of nitrogens with zero attached hydrogens (tertiary/aromatic N) is 1. The van der Waals surface area contributed by atoms with Crippen LogP contribution in [-0.2, 0) is 59.2 Å². The van der Waals surface area contributed by atoms with E-state index in [0.717, 1.165) is 6.92 Å². The minimum atomic E-state index is -1.91. The molecular formula is C45H74N14O15S. The lowest BCUT2D eigenvalue weighted by Gasteiger charge is -2.29. The Labute approximate surface area is 438 Å². The molecular weight excluding hydrogens is 1010 g/mol. The number of nitrogens with two attached hydrogens (primary N) is 5. The van der Waals surface area contributed by atoms with Crippen LogP contribution < -0.4 is 71.2 Å². The van der Waals surface area contributed by atoms with Crippen molar-refractivity contribution in [3.8, 4) is 5.75 Å². The normalized spacial score (nSPS) is 15.0. The Kier molecular flexibility index (Phi) is 29.3. The van der Waals surface area contributed by atoms with E-state index in [1.165, 1.54) is 31.2 Å². The summed E-state index contributed by atoms with van der Waals surface area (Å²) in [5.41, 5.74) is 28.1. The number of aromatic hydroxyl groups is 1. The average molecular weight is 1080 g/mol. The zero-order valence-electron chi connectivity index (χ0n) is 42.2. The molecule has 0 heterocycles. The summed E-state index contributed by atoms with van der Waals surface area (Å²) >= 11 is 3.98. The number of carbonyl (C=O) groups is 11. The van der Waals surface area contributed by atoms with Crippen LogP contribution in [0, 0.1) is 5.92 Å². The Bertz CT molecular complexity index is 2160. The number of unbranched alkanes of at least 4 members (excludes halogenated alkanes) is 1. The second kappa shape index (κ2) is 33.5. The molecule has 420 valence electrons. The van der Waals surface area contributed by atoms with Crippen molar-refractivity contribution < 1.29 is 73.2 Å². The number of aliphatic imine (C=N–C) groups is 1. The number of thiol groups is 1. The van der Waals surface area contributed by atoms with E-state index in [1.54, 1.807) is 13.8 Å². The molecule has 9 amide bonds. The SMILES string of the molecule is CC(C)[C@H](NC(=O)[C@@H](N)CS)C(=O)N[C@@H](CC(N)=O)C(=O)N[C@@H](CCCCN)C(=O)N[C@H](C(=O)N[C@@H](CCC(=O)O)C(=O)N[C@@H](CCCN=C(N)N)C(=O)N[C@@H](C)C(=O)N[C@@H](Cc1ccc(O)cc1)C(=O)O)[C@@H](C)O. The molecule has 0 fully saturated rings. The molecule has 0 spiro atoms. The molecule has 1 aromatic rings. The van der Waals surface area contributed by atoms with Gasteiger partial charge in [-0.15, -0.1) is 0 Å². The molecule has 0 bridgehead atoms. The fourth-order valence-corrected chi connectivity index (χ4v) is 7.00. The number of carbonyl (C=O) groups excluding carboxylic acids is 9. The fourth-order valence-electron chi connectivity index (χ4n) is 6.83. The van der Waals surface area contributed by atoms with Gasteiger partial charge in [-0.1, -0.05) is 26.0 Å². The number of hydrogen-bond acceptors (Lipinski definition) is 17. The average Bonchev–Trinajstić information content (AvgIpc) is 3.33. The minimum absolute atomic E-state index is 0.0358. The Hall–Kier alpha value is -7.31. The van der Waals surface area contributed by atoms with Gasteiger partial charge in [-0.25, -0.2) is 4.79 Å². The highest BCUT2D eigenvalue weighted by Crippen LogP contribution is 2.13. The lowest BCUT2D eigenvalue weighted by molar-refractivity contribution is -0.142. The van der Waals surface area contributed by atoms with E-state index in [1.807, 2.05) is 0 Å². The maximum Gasteiger partial charge on any atom is 0.326 e. The first-order chi connectivity index (χ1) is 35.1. The number of carboxylic acids is 2. The quantitative estimate of drug-likeness (QED) is 0.0130. The highest BCUT2D eigenvalue weighted by Gasteiger charge is 2.36. The maximum absolute atomic E-state index is 13.9. The van der Waals surface area contributed by atoms with Gasteiger partial charge < -0.3 is 91.6 Å². The standard InChI is InChI=1S/C45H74N14O15S/c1-21(2)34(58-37(66)26(47)20-75)42(71)56-30(19-32(48)62)41(70)54-27(8-5-6-16-46)40(69)59-35(23(4)60)43(72)55-29(14-15-33(63)64)39(68)53-28(9-7-17-51-45(49)50)38(67)52-22(3)36(65)57-31(44(73)74)18-24-10-12-25(61)13-11-24/h10-13,21-23,26-31,34-35,60-61,75H,5-9,14-20,46-47H2,1-4H3,(H2,48,62)(H,52,67)(H,53,68)(H,54,70)(H,55,72)(H,56,71)(H,57,65)(H,58,66)(H,59,69)(H,63,64)(H,73,74)(H4,49,50,51)/t22-,23+,26-,27-,28-,29-,30-,31-,34-,35-/m0/s1. The van der Waals surface area contributed by atoms with Crippen LogP contribution in [0.15, 0.2) is 29.3 Å². The van der Waals surface area contributed by atoms with Crippen LogP contribution in [0.3, 0.4) is 0 Å². The summed E-state index contributed by atoms with van der Waals surface area (Å²) in [6, 6.07) is -8.14. The van der Waals surface area contributed by atoms with E-state index in [0.29, 0.717) is 12.0 Å². The van der Waals surface area contributed by atoms with Crippen molar-refractivity contribution in [2.45, 2.75) is 146 Å². The molecule has 0 aliphatic rings. The van der Waals surface area contributed by atoms with Crippen molar-refractivity contribution in [3.63, 3.8) is 0 Å². The summed E-state index contributed by atoms with van der Waals surface area (Å²) in [5, 5.41) is 58.6.